The lowest BCUT2D eigenvalue weighted by Gasteiger charge is -2.31. The Kier molecular flexibility index (Phi) is 5.09. The first-order chi connectivity index (χ1) is 15.2. The topological polar surface area (TPSA) is 72.4 Å². The highest BCUT2D eigenvalue weighted by Crippen LogP contribution is 2.48. The van der Waals surface area contributed by atoms with Gasteiger partial charge in [-0.3, -0.25) is 19.7 Å². The molecule has 3 aromatic carbocycles. The lowest BCUT2D eigenvalue weighted by Crippen LogP contribution is -2.29. The van der Waals surface area contributed by atoms with Gasteiger partial charge in [0, 0.05) is 22.2 Å². The number of fused-ring (bicyclic) bond motifs is 3. The number of amides is 1. The first-order valence-electron chi connectivity index (χ1n) is 9.78. The van der Waals surface area contributed by atoms with E-state index in [4.69, 9.17) is 4.74 Å². The average molecular weight is 427 g/mol. The molecule has 0 unspecified atom stereocenters. The minimum absolute atomic E-state index is 0.0255. The number of nitrogens with zero attached hydrogens (tertiary/aromatic N) is 3. The minimum atomic E-state index is -0.520. The second-order valence-corrected chi connectivity index (χ2v) is 7.97. The van der Waals surface area contributed by atoms with Crippen molar-refractivity contribution < 1.29 is 14.3 Å². The van der Waals surface area contributed by atoms with Crippen molar-refractivity contribution in [3.8, 4) is 0 Å². The zero-order chi connectivity index (χ0) is 21.2. The van der Waals surface area contributed by atoms with E-state index in [1.54, 1.807) is 41.1 Å². The molecule has 0 aliphatic carbocycles. The molecule has 0 radical (unpaired) electrons. The number of rotatable bonds is 4. The molecule has 1 aromatic heterocycles. The fourth-order valence-electron chi connectivity index (χ4n) is 3.55. The summed E-state index contributed by atoms with van der Waals surface area (Å²) in [6.45, 7) is -0.0255. The van der Waals surface area contributed by atoms with Crippen molar-refractivity contribution in [1.29, 1.82) is 0 Å². The average Bonchev–Trinajstić information content (AvgIpc) is 2.82. The molecule has 31 heavy (non-hydrogen) atoms. The summed E-state index contributed by atoms with van der Waals surface area (Å²) < 4.78 is 5.41. The first kappa shape index (κ1) is 19.3. The van der Waals surface area contributed by atoms with E-state index in [-0.39, 0.29) is 18.9 Å². The first-order valence-corrected chi connectivity index (χ1v) is 10.6. The smallest absolute Gasteiger partial charge is 0.340 e. The van der Waals surface area contributed by atoms with E-state index >= 15 is 0 Å². The summed E-state index contributed by atoms with van der Waals surface area (Å²) in [4.78, 5) is 37.9. The van der Waals surface area contributed by atoms with E-state index in [0.29, 0.717) is 16.6 Å². The molecule has 0 atom stereocenters. The summed E-state index contributed by atoms with van der Waals surface area (Å²) in [7, 11) is 0. The molecule has 1 aliphatic heterocycles. The number of carbonyl (C=O) groups excluding carboxylic acids is 2. The number of carbonyl (C=O) groups is 2. The van der Waals surface area contributed by atoms with Crippen molar-refractivity contribution in [2.45, 2.75) is 16.2 Å². The number of aromatic nitrogens is 2. The van der Waals surface area contributed by atoms with Crippen LogP contribution in [0, 0.1) is 0 Å². The maximum atomic E-state index is 13.2. The molecular formula is C24H17N3O3S. The van der Waals surface area contributed by atoms with Gasteiger partial charge in [0.05, 0.1) is 28.9 Å². The predicted octanol–water partition coefficient (Wildman–Crippen LogP) is 5.01. The van der Waals surface area contributed by atoms with Crippen LogP contribution in [0.15, 0.2) is 88.9 Å². The molecule has 6 nitrogen and oxygen atoms in total. The summed E-state index contributed by atoms with van der Waals surface area (Å²) in [5.74, 6) is -0.653. The molecule has 0 fully saturated rings. The van der Waals surface area contributed by atoms with Crippen LogP contribution in [0.3, 0.4) is 0 Å². The number of para-hydroxylation sites is 3. The number of anilines is 2. The maximum absolute atomic E-state index is 13.2. The van der Waals surface area contributed by atoms with Crippen LogP contribution in [0.1, 0.15) is 16.8 Å². The van der Waals surface area contributed by atoms with Gasteiger partial charge < -0.3 is 4.74 Å². The lowest BCUT2D eigenvalue weighted by molar-refractivity contribution is -0.118. The number of esters is 1. The fraction of sp³-hybridized carbons (Fsp3) is 0.0833. The van der Waals surface area contributed by atoms with E-state index < -0.39 is 5.97 Å². The Labute approximate surface area is 182 Å². The summed E-state index contributed by atoms with van der Waals surface area (Å²) in [5, 5.41) is 0. The van der Waals surface area contributed by atoms with Crippen LogP contribution in [0.5, 0.6) is 0 Å². The minimum Gasteiger partial charge on any atom is -0.461 e. The zero-order valence-corrected chi connectivity index (χ0v) is 17.2. The molecule has 2 heterocycles. The van der Waals surface area contributed by atoms with Gasteiger partial charge in [-0.25, -0.2) is 4.79 Å². The Hall–Kier alpha value is -3.71. The van der Waals surface area contributed by atoms with E-state index in [9.17, 15) is 9.59 Å². The molecular weight excluding hydrogens is 410 g/mol. The molecule has 0 bridgehead atoms. The number of hydrogen-bond acceptors (Lipinski definition) is 6. The largest absolute Gasteiger partial charge is 0.461 e. The Morgan fingerprint density at radius 1 is 0.839 bits per heavy atom. The monoisotopic (exact) mass is 427 g/mol. The van der Waals surface area contributed by atoms with Crippen molar-refractivity contribution in [3.05, 3.63) is 84.7 Å². The van der Waals surface area contributed by atoms with E-state index in [0.717, 1.165) is 21.2 Å². The molecule has 152 valence electrons. The molecule has 4 aromatic rings. The van der Waals surface area contributed by atoms with Gasteiger partial charge in [-0.2, -0.15) is 0 Å². The molecule has 0 saturated heterocycles. The normalized spacial score (nSPS) is 12.2. The SMILES string of the molecule is O=C(OCCC(=O)N1c2ccccc2Sc2ccccc21)c1cccc2nccnc12. The van der Waals surface area contributed by atoms with Crippen LogP contribution in [0.2, 0.25) is 0 Å². The van der Waals surface area contributed by atoms with Gasteiger partial charge in [0.2, 0.25) is 5.91 Å². The molecule has 7 heteroatoms. The second-order valence-electron chi connectivity index (χ2n) is 6.88. The van der Waals surface area contributed by atoms with Crippen LogP contribution >= 0.6 is 11.8 Å². The standard InChI is InChI=1S/C24H17N3O3S/c28-22(12-15-30-24(29)16-6-5-7-17-23(16)26-14-13-25-17)27-18-8-1-3-10-20(18)31-21-11-4-2-9-19(21)27/h1-11,13-14H,12,15H2. The lowest BCUT2D eigenvalue weighted by atomic mass is 10.2. The third kappa shape index (κ3) is 3.64. The second kappa shape index (κ2) is 8.20. The van der Waals surface area contributed by atoms with E-state index in [1.165, 1.54) is 6.20 Å². The fourth-order valence-corrected chi connectivity index (χ4v) is 4.61. The third-order valence-electron chi connectivity index (χ3n) is 4.95. The van der Waals surface area contributed by atoms with Crippen LogP contribution < -0.4 is 4.90 Å². The highest BCUT2D eigenvalue weighted by Gasteiger charge is 2.27. The number of benzene rings is 3. The highest BCUT2D eigenvalue weighted by atomic mass is 32.2. The summed E-state index contributed by atoms with van der Waals surface area (Å²) >= 11 is 1.64. The summed E-state index contributed by atoms with van der Waals surface area (Å²) in [6, 6.07) is 20.8. The number of hydrogen-bond donors (Lipinski definition) is 0. The molecule has 1 amide bonds. The highest BCUT2D eigenvalue weighted by molar-refractivity contribution is 7.99. The van der Waals surface area contributed by atoms with Crippen molar-refractivity contribution in [2.75, 3.05) is 11.5 Å². The van der Waals surface area contributed by atoms with Crippen LogP contribution in [0.4, 0.5) is 11.4 Å². The number of ether oxygens (including phenoxy) is 1. The van der Waals surface area contributed by atoms with Gasteiger partial charge in [-0.15, -0.1) is 0 Å². The van der Waals surface area contributed by atoms with Gasteiger partial charge in [0.25, 0.3) is 0 Å². The van der Waals surface area contributed by atoms with E-state index in [1.807, 2.05) is 48.5 Å². The van der Waals surface area contributed by atoms with Gasteiger partial charge in [-0.1, -0.05) is 42.1 Å². The van der Waals surface area contributed by atoms with Crippen molar-refractivity contribution in [2.24, 2.45) is 0 Å². The quantitative estimate of drug-likeness (QED) is 0.427. The van der Waals surface area contributed by atoms with Gasteiger partial charge in [0.15, 0.2) is 0 Å². The van der Waals surface area contributed by atoms with Gasteiger partial charge in [-0.05, 0) is 36.4 Å². The third-order valence-corrected chi connectivity index (χ3v) is 6.08. The van der Waals surface area contributed by atoms with Gasteiger partial charge in [0.1, 0.15) is 12.1 Å². The summed E-state index contributed by atoms with van der Waals surface area (Å²) in [5.41, 5.74) is 3.12. The van der Waals surface area contributed by atoms with Crippen molar-refractivity contribution in [1.82, 2.24) is 9.97 Å². The van der Waals surface area contributed by atoms with Crippen LogP contribution in [-0.2, 0) is 9.53 Å². The molecule has 0 saturated carbocycles. The molecule has 1 aliphatic rings. The molecule has 5 rings (SSSR count). The molecule has 0 spiro atoms. The van der Waals surface area contributed by atoms with Gasteiger partial charge >= 0.3 is 5.97 Å². The van der Waals surface area contributed by atoms with Crippen molar-refractivity contribution >= 4 is 46.0 Å². The Morgan fingerprint density at radius 3 is 2.26 bits per heavy atom. The summed E-state index contributed by atoms with van der Waals surface area (Å²) in [6.07, 6.45) is 3.17. The predicted molar refractivity (Wildman–Crippen MR) is 119 cm³/mol. The molecule has 0 N–H and O–H groups in total. The Morgan fingerprint density at radius 2 is 1.52 bits per heavy atom. The zero-order valence-electron chi connectivity index (χ0n) is 16.4. The van der Waals surface area contributed by atoms with Crippen LogP contribution in [-0.4, -0.2) is 28.5 Å². The van der Waals surface area contributed by atoms with Crippen molar-refractivity contribution in [3.63, 3.8) is 0 Å². The van der Waals surface area contributed by atoms with E-state index in [2.05, 4.69) is 9.97 Å². The Balaban J connectivity index is 1.33. The Bertz CT molecular complexity index is 1260. The van der Waals surface area contributed by atoms with Crippen LogP contribution in [0.25, 0.3) is 11.0 Å². The maximum Gasteiger partial charge on any atom is 0.340 e.